The van der Waals surface area contributed by atoms with Gasteiger partial charge in [-0.2, -0.15) is 0 Å². The second-order valence-electron chi connectivity index (χ2n) is 4.44. The average Bonchev–Trinajstić information content (AvgIpc) is 2.99. The second kappa shape index (κ2) is 3.11. The molecule has 1 saturated carbocycles. The molecule has 1 aromatic heterocycles. The molecule has 2 aromatic rings. The van der Waals surface area contributed by atoms with Crippen molar-refractivity contribution in [1.82, 2.24) is 4.57 Å². The first kappa shape index (κ1) is 9.46. The van der Waals surface area contributed by atoms with Crippen LogP contribution in [0.1, 0.15) is 36.2 Å². The van der Waals surface area contributed by atoms with Crippen LogP contribution >= 0.6 is 0 Å². The number of rotatable bonds is 2. The molecule has 0 unspecified atom stereocenters. The average molecular weight is 215 g/mol. The molecule has 0 bridgehead atoms. The van der Waals surface area contributed by atoms with Gasteiger partial charge in [-0.05, 0) is 38.0 Å². The van der Waals surface area contributed by atoms with Crippen molar-refractivity contribution in [3.63, 3.8) is 0 Å². The summed E-state index contributed by atoms with van der Waals surface area (Å²) in [6.45, 7) is 1.57. The van der Waals surface area contributed by atoms with E-state index in [2.05, 4.69) is 4.57 Å². The van der Waals surface area contributed by atoms with Crippen molar-refractivity contribution in [1.29, 1.82) is 0 Å². The van der Waals surface area contributed by atoms with E-state index in [0.717, 1.165) is 10.9 Å². The van der Waals surface area contributed by atoms with E-state index >= 15 is 0 Å². The highest BCUT2D eigenvalue weighted by molar-refractivity contribution is 6.07. The Morgan fingerprint density at radius 1 is 1.44 bits per heavy atom. The van der Waals surface area contributed by atoms with Crippen molar-refractivity contribution in [2.24, 2.45) is 0 Å². The number of hydrogen-bond donors (Lipinski definition) is 1. The second-order valence-corrected chi connectivity index (χ2v) is 4.44. The minimum atomic E-state index is 0.0509. The number of ketones is 1. The molecule has 0 radical (unpaired) electrons. The molecule has 16 heavy (non-hydrogen) atoms. The number of hydrogen-bond acceptors (Lipinski definition) is 2. The number of phenolic OH excluding ortho intramolecular Hbond substituents is 1. The highest BCUT2D eigenvalue weighted by atomic mass is 16.3. The summed E-state index contributed by atoms with van der Waals surface area (Å²) >= 11 is 0. The van der Waals surface area contributed by atoms with Gasteiger partial charge in [0, 0.05) is 28.7 Å². The number of fused-ring (bicyclic) bond motifs is 1. The van der Waals surface area contributed by atoms with Crippen LogP contribution in [0.25, 0.3) is 10.9 Å². The normalized spacial score (nSPS) is 15.6. The highest BCUT2D eigenvalue weighted by Crippen LogP contribution is 2.39. The molecule has 0 amide bonds. The molecule has 0 aliphatic heterocycles. The van der Waals surface area contributed by atoms with Crippen molar-refractivity contribution in [2.75, 3.05) is 0 Å². The Kier molecular flexibility index (Phi) is 1.84. The van der Waals surface area contributed by atoms with E-state index < -0.39 is 0 Å². The Balaban J connectivity index is 2.32. The zero-order chi connectivity index (χ0) is 11.3. The molecule has 1 aliphatic rings. The molecule has 1 aromatic carbocycles. The fourth-order valence-corrected chi connectivity index (χ4v) is 2.18. The summed E-state index contributed by atoms with van der Waals surface area (Å²) in [6.07, 6.45) is 4.29. The van der Waals surface area contributed by atoms with Gasteiger partial charge in [0.15, 0.2) is 5.78 Å². The van der Waals surface area contributed by atoms with Gasteiger partial charge in [-0.25, -0.2) is 0 Å². The third-order valence-electron chi connectivity index (χ3n) is 3.14. The lowest BCUT2D eigenvalue weighted by molar-refractivity contribution is 0.101. The van der Waals surface area contributed by atoms with E-state index in [1.807, 2.05) is 12.3 Å². The smallest absolute Gasteiger partial charge is 0.161 e. The van der Waals surface area contributed by atoms with Crippen molar-refractivity contribution in [2.45, 2.75) is 25.8 Å². The maximum absolute atomic E-state index is 11.5. The molecule has 0 saturated heterocycles. The van der Waals surface area contributed by atoms with E-state index in [4.69, 9.17) is 0 Å². The summed E-state index contributed by atoms with van der Waals surface area (Å²) in [6, 6.07) is 5.77. The maximum Gasteiger partial charge on any atom is 0.161 e. The Morgan fingerprint density at radius 3 is 2.81 bits per heavy atom. The molecule has 3 heteroatoms. The maximum atomic E-state index is 11.5. The Morgan fingerprint density at radius 2 is 2.19 bits per heavy atom. The van der Waals surface area contributed by atoms with Crippen LogP contribution in [0.15, 0.2) is 24.4 Å². The van der Waals surface area contributed by atoms with Crippen LogP contribution in [0.3, 0.4) is 0 Å². The van der Waals surface area contributed by atoms with Gasteiger partial charge in [0.05, 0.1) is 0 Å². The molecule has 3 rings (SSSR count). The summed E-state index contributed by atoms with van der Waals surface area (Å²) < 4.78 is 2.16. The van der Waals surface area contributed by atoms with Crippen molar-refractivity contribution < 1.29 is 9.90 Å². The van der Waals surface area contributed by atoms with Crippen LogP contribution in [0.4, 0.5) is 0 Å². The molecule has 1 N–H and O–H groups in total. The predicted molar refractivity (Wildman–Crippen MR) is 61.9 cm³/mol. The van der Waals surface area contributed by atoms with Gasteiger partial charge < -0.3 is 9.67 Å². The molecular formula is C13H13NO2. The Hall–Kier alpha value is -1.77. The summed E-state index contributed by atoms with van der Waals surface area (Å²) in [5.41, 5.74) is 1.75. The topological polar surface area (TPSA) is 42.2 Å². The van der Waals surface area contributed by atoms with Crippen molar-refractivity contribution in [3.8, 4) is 5.75 Å². The quantitative estimate of drug-likeness (QED) is 0.782. The Labute approximate surface area is 93.3 Å². The first-order valence-corrected chi connectivity index (χ1v) is 5.51. The van der Waals surface area contributed by atoms with Crippen LogP contribution in [-0.2, 0) is 0 Å². The van der Waals surface area contributed by atoms with E-state index in [0.29, 0.717) is 11.6 Å². The first-order valence-electron chi connectivity index (χ1n) is 5.51. The molecule has 0 atom stereocenters. The SMILES string of the molecule is CC(=O)c1cn(C2CC2)c2ccc(O)cc12. The van der Waals surface area contributed by atoms with Crippen LogP contribution in [-0.4, -0.2) is 15.5 Å². The summed E-state index contributed by atoms with van der Waals surface area (Å²) in [5, 5.41) is 10.3. The zero-order valence-corrected chi connectivity index (χ0v) is 9.10. The van der Waals surface area contributed by atoms with Crippen molar-refractivity contribution >= 4 is 16.7 Å². The number of benzene rings is 1. The van der Waals surface area contributed by atoms with E-state index in [9.17, 15) is 9.90 Å². The van der Waals surface area contributed by atoms with Gasteiger partial charge in [0.2, 0.25) is 0 Å². The number of Topliss-reactive ketones (excluding diaryl/α,β-unsaturated/α-hetero) is 1. The van der Waals surface area contributed by atoms with Crippen molar-refractivity contribution in [3.05, 3.63) is 30.0 Å². The van der Waals surface area contributed by atoms with E-state index in [-0.39, 0.29) is 11.5 Å². The molecule has 1 aliphatic carbocycles. The predicted octanol–water partition coefficient (Wildman–Crippen LogP) is 2.88. The third-order valence-corrected chi connectivity index (χ3v) is 3.14. The van der Waals surface area contributed by atoms with Crippen LogP contribution < -0.4 is 0 Å². The molecule has 1 heterocycles. The van der Waals surface area contributed by atoms with Gasteiger partial charge in [-0.3, -0.25) is 4.79 Å². The minimum Gasteiger partial charge on any atom is -0.508 e. The highest BCUT2D eigenvalue weighted by Gasteiger charge is 2.26. The molecular weight excluding hydrogens is 202 g/mol. The van der Waals surface area contributed by atoms with Crippen LogP contribution in [0, 0.1) is 0 Å². The molecule has 1 fully saturated rings. The Bertz CT molecular complexity index is 579. The lowest BCUT2D eigenvalue weighted by atomic mass is 10.1. The number of carbonyl (C=O) groups is 1. The fourth-order valence-electron chi connectivity index (χ4n) is 2.18. The van der Waals surface area contributed by atoms with E-state index in [1.165, 1.54) is 12.8 Å². The number of phenols is 1. The number of carbonyl (C=O) groups excluding carboxylic acids is 1. The van der Waals surface area contributed by atoms with Gasteiger partial charge in [-0.1, -0.05) is 0 Å². The van der Waals surface area contributed by atoms with E-state index in [1.54, 1.807) is 19.1 Å². The summed E-state index contributed by atoms with van der Waals surface area (Å²) in [5.74, 6) is 0.263. The number of aromatic hydroxyl groups is 1. The van der Waals surface area contributed by atoms with Gasteiger partial charge in [0.25, 0.3) is 0 Å². The lowest BCUT2D eigenvalue weighted by Gasteiger charge is -2.01. The number of nitrogens with zero attached hydrogens (tertiary/aromatic N) is 1. The van der Waals surface area contributed by atoms with Crippen LogP contribution in [0.2, 0.25) is 0 Å². The standard InChI is InChI=1S/C13H13NO2/c1-8(15)12-7-14(9-2-3-9)13-5-4-10(16)6-11(12)13/h4-7,9,16H,2-3H2,1H3. The number of aromatic nitrogens is 1. The van der Waals surface area contributed by atoms with Crippen LogP contribution in [0.5, 0.6) is 5.75 Å². The largest absolute Gasteiger partial charge is 0.508 e. The molecule has 0 spiro atoms. The zero-order valence-electron chi connectivity index (χ0n) is 9.10. The fraction of sp³-hybridized carbons (Fsp3) is 0.308. The first-order chi connectivity index (χ1) is 7.66. The molecule has 82 valence electrons. The third kappa shape index (κ3) is 1.32. The summed E-state index contributed by atoms with van der Waals surface area (Å²) in [7, 11) is 0. The minimum absolute atomic E-state index is 0.0509. The monoisotopic (exact) mass is 215 g/mol. The molecule has 3 nitrogen and oxygen atoms in total. The van der Waals surface area contributed by atoms with Gasteiger partial charge >= 0.3 is 0 Å². The van der Waals surface area contributed by atoms with Gasteiger partial charge in [0.1, 0.15) is 5.75 Å². The lowest BCUT2D eigenvalue weighted by Crippen LogP contribution is -1.91. The summed E-state index contributed by atoms with van der Waals surface area (Å²) in [4.78, 5) is 11.5. The van der Waals surface area contributed by atoms with Gasteiger partial charge in [-0.15, -0.1) is 0 Å².